The molecule has 0 bridgehead atoms. The number of anilines is 3. The monoisotopic (exact) mass is 461 g/mol. The third kappa shape index (κ3) is 4.85. The second-order valence-electron chi connectivity index (χ2n) is 8.87. The SMILES string of the molecule is CC(C)(C)Nc1ncc2nc(Nc3cc(F)cc(Cl)c3)n(C3CCN(C(=O)O)CC3)c2n1. The van der Waals surface area contributed by atoms with Crippen molar-refractivity contribution >= 4 is 46.4 Å². The molecule has 0 atom stereocenters. The Morgan fingerprint density at radius 2 is 1.94 bits per heavy atom. The Morgan fingerprint density at radius 1 is 1.22 bits per heavy atom. The van der Waals surface area contributed by atoms with Gasteiger partial charge < -0.3 is 20.6 Å². The van der Waals surface area contributed by atoms with Crippen LogP contribution >= 0.6 is 11.6 Å². The molecule has 3 N–H and O–H groups in total. The lowest BCUT2D eigenvalue weighted by atomic mass is 10.1. The molecular weight excluding hydrogens is 437 g/mol. The lowest BCUT2D eigenvalue weighted by Crippen LogP contribution is -2.38. The van der Waals surface area contributed by atoms with Crippen molar-refractivity contribution in [1.29, 1.82) is 0 Å². The summed E-state index contributed by atoms with van der Waals surface area (Å²) in [5, 5.41) is 16.0. The van der Waals surface area contributed by atoms with Gasteiger partial charge in [-0.3, -0.25) is 4.57 Å². The van der Waals surface area contributed by atoms with Crippen LogP contribution in [0.4, 0.5) is 26.8 Å². The zero-order valence-corrected chi connectivity index (χ0v) is 18.8. The predicted octanol–water partition coefficient (Wildman–Crippen LogP) is 4.89. The number of amides is 1. The molecule has 0 spiro atoms. The number of benzene rings is 1. The van der Waals surface area contributed by atoms with Crippen molar-refractivity contribution in [1.82, 2.24) is 24.4 Å². The van der Waals surface area contributed by atoms with Gasteiger partial charge in [0.15, 0.2) is 5.65 Å². The van der Waals surface area contributed by atoms with E-state index >= 15 is 0 Å². The molecule has 11 heteroatoms. The maximum Gasteiger partial charge on any atom is 0.407 e. The molecule has 3 heterocycles. The molecule has 1 amide bonds. The van der Waals surface area contributed by atoms with Gasteiger partial charge in [-0.15, -0.1) is 0 Å². The second kappa shape index (κ2) is 8.42. The highest BCUT2D eigenvalue weighted by atomic mass is 35.5. The Bertz CT molecular complexity index is 1130. The summed E-state index contributed by atoms with van der Waals surface area (Å²) in [6, 6.07) is 4.13. The molecule has 0 unspecified atom stereocenters. The van der Waals surface area contributed by atoms with Gasteiger partial charge in [0.25, 0.3) is 0 Å². The second-order valence-corrected chi connectivity index (χ2v) is 9.30. The maximum absolute atomic E-state index is 13.9. The van der Waals surface area contributed by atoms with Crippen LogP contribution in [0.25, 0.3) is 11.2 Å². The van der Waals surface area contributed by atoms with Gasteiger partial charge in [-0.1, -0.05) is 11.6 Å². The minimum absolute atomic E-state index is 0.0421. The number of aromatic nitrogens is 4. The van der Waals surface area contributed by atoms with E-state index in [1.807, 2.05) is 25.3 Å². The highest BCUT2D eigenvalue weighted by Gasteiger charge is 2.28. The summed E-state index contributed by atoms with van der Waals surface area (Å²) in [5.74, 6) is 0.473. The van der Waals surface area contributed by atoms with Crippen LogP contribution in [0, 0.1) is 5.82 Å². The predicted molar refractivity (Wildman–Crippen MR) is 121 cm³/mol. The van der Waals surface area contributed by atoms with Crippen molar-refractivity contribution in [3.8, 4) is 0 Å². The van der Waals surface area contributed by atoms with E-state index < -0.39 is 11.9 Å². The Balaban J connectivity index is 1.76. The van der Waals surface area contributed by atoms with Crippen LogP contribution in [0.3, 0.4) is 0 Å². The maximum atomic E-state index is 13.9. The van der Waals surface area contributed by atoms with Gasteiger partial charge >= 0.3 is 6.09 Å². The minimum Gasteiger partial charge on any atom is -0.465 e. The van der Waals surface area contributed by atoms with Gasteiger partial charge in [0.2, 0.25) is 11.9 Å². The molecule has 9 nitrogen and oxygen atoms in total. The fourth-order valence-electron chi connectivity index (χ4n) is 3.79. The van der Waals surface area contributed by atoms with Crippen molar-refractivity contribution in [3.63, 3.8) is 0 Å². The van der Waals surface area contributed by atoms with E-state index in [4.69, 9.17) is 16.6 Å². The van der Waals surface area contributed by atoms with Crippen LogP contribution in [-0.2, 0) is 0 Å². The van der Waals surface area contributed by atoms with E-state index in [1.165, 1.54) is 17.0 Å². The summed E-state index contributed by atoms with van der Waals surface area (Å²) in [6.45, 7) is 6.85. The molecule has 170 valence electrons. The summed E-state index contributed by atoms with van der Waals surface area (Å²) in [5.41, 5.74) is 1.42. The summed E-state index contributed by atoms with van der Waals surface area (Å²) >= 11 is 6.01. The van der Waals surface area contributed by atoms with Crippen LogP contribution in [0.15, 0.2) is 24.4 Å². The normalized spacial score (nSPS) is 15.2. The molecule has 1 aromatic carbocycles. The number of hydrogen-bond donors (Lipinski definition) is 3. The Hall–Kier alpha value is -3.14. The van der Waals surface area contributed by atoms with Crippen molar-refractivity contribution in [2.45, 2.75) is 45.2 Å². The number of nitrogens with one attached hydrogen (secondary N) is 2. The van der Waals surface area contributed by atoms with Crippen molar-refractivity contribution < 1.29 is 14.3 Å². The van der Waals surface area contributed by atoms with E-state index in [0.29, 0.717) is 54.7 Å². The van der Waals surface area contributed by atoms with Gasteiger partial charge in [-0.2, -0.15) is 4.98 Å². The zero-order chi connectivity index (χ0) is 23.0. The summed E-state index contributed by atoms with van der Waals surface area (Å²) in [7, 11) is 0. The van der Waals surface area contributed by atoms with E-state index in [0.717, 1.165) is 0 Å². The number of rotatable bonds is 4. The largest absolute Gasteiger partial charge is 0.465 e. The molecule has 3 aromatic rings. The number of carbonyl (C=O) groups is 1. The van der Waals surface area contributed by atoms with Crippen molar-refractivity contribution in [2.24, 2.45) is 0 Å². The molecule has 1 aliphatic heterocycles. The number of halogens is 2. The molecule has 2 aromatic heterocycles. The molecule has 1 fully saturated rings. The van der Waals surface area contributed by atoms with Gasteiger partial charge in [0, 0.05) is 35.4 Å². The summed E-state index contributed by atoms with van der Waals surface area (Å²) in [4.78, 5) is 26.4. The molecule has 32 heavy (non-hydrogen) atoms. The van der Waals surface area contributed by atoms with E-state index in [1.54, 1.807) is 12.3 Å². The average Bonchev–Trinajstić information content (AvgIpc) is 3.03. The highest BCUT2D eigenvalue weighted by molar-refractivity contribution is 6.30. The number of likely N-dealkylation sites (tertiary alicyclic amines) is 1. The number of carboxylic acid groups (broad SMARTS) is 1. The average molecular weight is 462 g/mol. The topological polar surface area (TPSA) is 108 Å². The Labute approximate surface area is 189 Å². The molecular formula is C21H25ClFN7O2. The summed E-state index contributed by atoms with van der Waals surface area (Å²) in [6.07, 6.45) is 1.92. The number of piperidine rings is 1. The standard InChI is InChI=1S/C21H25ClFN7O2/c1-21(2,3)28-18-24-11-16-17(27-18)30(15-4-6-29(7-5-15)20(31)32)19(26-16)25-14-9-12(22)8-13(23)10-14/h8-11,15H,4-7H2,1-3H3,(H,25,26)(H,31,32)(H,24,27,28). The number of nitrogens with zero attached hydrogens (tertiary/aromatic N) is 5. The first kappa shape index (κ1) is 22.1. The number of imidazole rings is 1. The van der Waals surface area contributed by atoms with Crippen molar-refractivity contribution in [3.05, 3.63) is 35.2 Å². The minimum atomic E-state index is -0.925. The van der Waals surface area contributed by atoms with Gasteiger partial charge in [0.05, 0.1) is 6.20 Å². The lowest BCUT2D eigenvalue weighted by molar-refractivity contribution is 0.126. The van der Waals surface area contributed by atoms with E-state index in [9.17, 15) is 14.3 Å². The molecule has 0 saturated carbocycles. The first-order chi connectivity index (χ1) is 15.1. The third-order valence-electron chi connectivity index (χ3n) is 5.14. The Morgan fingerprint density at radius 3 is 2.56 bits per heavy atom. The van der Waals surface area contributed by atoms with Crippen LogP contribution in [-0.4, -0.2) is 54.2 Å². The van der Waals surface area contributed by atoms with Crippen LogP contribution in [0.2, 0.25) is 5.02 Å². The molecule has 0 aliphatic carbocycles. The van der Waals surface area contributed by atoms with Crippen LogP contribution in [0.1, 0.15) is 39.7 Å². The molecule has 1 saturated heterocycles. The lowest BCUT2D eigenvalue weighted by Gasteiger charge is -2.31. The third-order valence-corrected chi connectivity index (χ3v) is 5.36. The molecule has 4 rings (SSSR count). The van der Waals surface area contributed by atoms with Gasteiger partial charge in [0.1, 0.15) is 11.3 Å². The zero-order valence-electron chi connectivity index (χ0n) is 18.1. The first-order valence-electron chi connectivity index (χ1n) is 10.3. The molecule has 1 aliphatic rings. The van der Waals surface area contributed by atoms with E-state index in [2.05, 4.69) is 20.6 Å². The smallest absolute Gasteiger partial charge is 0.407 e. The highest BCUT2D eigenvalue weighted by Crippen LogP contribution is 2.32. The first-order valence-corrected chi connectivity index (χ1v) is 10.7. The van der Waals surface area contributed by atoms with E-state index in [-0.39, 0.29) is 16.6 Å². The molecule has 0 radical (unpaired) electrons. The van der Waals surface area contributed by atoms with Crippen LogP contribution < -0.4 is 10.6 Å². The van der Waals surface area contributed by atoms with Gasteiger partial charge in [-0.25, -0.2) is 19.2 Å². The number of hydrogen-bond acceptors (Lipinski definition) is 6. The fraction of sp³-hybridized carbons (Fsp3) is 0.429. The quantitative estimate of drug-likeness (QED) is 0.507. The van der Waals surface area contributed by atoms with Crippen molar-refractivity contribution in [2.75, 3.05) is 23.7 Å². The summed E-state index contributed by atoms with van der Waals surface area (Å²) < 4.78 is 15.8. The Kier molecular flexibility index (Phi) is 5.81. The number of fused-ring (bicyclic) bond motifs is 1. The fourth-order valence-corrected chi connectivity index (χ4v) is 4.01. The van der Waals surface area contributed by atoms with Crippen LogP contribution in [0.5, 0.6) is 0 Å². The van der Waals surface area contributed by atoms with Gasteiger partial charge in [-0.05, 0) is 51.8 Å².